The molecule has 0 aliphatic carbocycles. The summed E-state index contributed by atoms with van der Waals surface area (Å²) in [6, 6.07) is 7.60. The van der Waals surface area contributed by atoms with Gasteiger partial charge in [-0.25, -0.2) is 0 Å². The number of furan rings is 1. The highest BCUT2D eigenvalue weighted by Gasteiger charge is 2.15. The van der Waals surface area contributed by atoms with E-state index in [1.165, 1.54) is 0 Å². The van der Waals surface area contributed by atoms with Crippen LogP contribution < -0.4 is 5.73 Å². The molecule has 0 saturated heterocycles. The van der Waals surface area contributed by atoms with Crippen molar-refractivity contribution in [3.8, 4) is 23.0 Å². The minimum atomic E-state index is 0.339. The van der Waals surface area contributed by atoms with E-state index in [0.717, 1.165) is 21.2 Å². The average Bonchev–Trinajstić information content (AvgIpc) is 3.12. The normalized spacial score (nSPS) is 11.0. The topological polar surface area (TPSA) is 78.1 Å². The summed E-state index contributed by atoms with van der Waals surface area (Å²) in [6.07, 6.45) is 0. The molecule has 108 valence electrons. The van der Waals surface area contributed by atoms with Crippen LogP contribution in [0.15, 0.2) is 37.7 Å². The van der Waals surface area contributed by atoms with Crippen molar-refractivity contribution in [3.05, 3.63) is 45.6 Å². The van der Waals surface area contributed by atoms with Crippen molar-refractivity contribution in [1.29, 1.82) is 0 Å². The molecule has 5 nitrogen and oxygen atoms in total. The van der Waals surface area contributed by atoms with Crippen LogP contribution in [0, 0.1) is 13.8 Å². The van der Waals surface area contributed by atoms with Gasteiger partial charge in [0.05, 0.1) is 6.54 Å². The van der Waals surface area contributed by atoms with Crippen LogP contribution in [0.2, 0.25) is 0 Å². The molecule has 0 unspecified atom stereocenters. The van der Waals surface area contributed by atoms with Crippen molar-refractivity contribution in [2.45, 2.75) is 20.4 Å². The predicted molar refractivity (Wildman–Crippen MR) is 82.5 cm³/mol. The van der Waals surface area contributed by atoms with Crippen LogP contribution in [-0.2, 0) is 6.54 Å². The second-order valence-electron chi connectivity index (χ2n) is 4.82. The van der Waals surface area contributed by atoms with Crippen molar-refractivity contribution < 1.29 is 8.94 Å². The van der Waals surface area contributed by atoms with E-state index in [1.807, 2.05) is 26.0 Å². The monoisotopic (exact) mass is 347 g/mol. The Bertz CT molecular complexity index is 769. The molecule has 0 fully saturated rings. The third-order valence-electron chi connectivity index (χ3n) is 3.19. The summed E-state index contributed by atoms with van der Waals surface area (Å²) < 4.78 is 11.9. The Balaban J connectivity index is 1.98. The van der Waals surface area contributed by atoms with Crippen LogP contribution in [0.4, 0.5) is 0 Å². The molecule has 0 aliphatic heterocycles. The predicted octanol–water partition coefficient (Wildman–Crippen LogP) is 3.83. The number of hydrogen-bond acceptors (Lipinski definition) is 5. The van der Waals surface area contributed by atoms with Crippen LogP contribution in [0.5, 0.6) is 0 Å². The van der Waals surface area contributed by atoms with Crippen molar-refractivity contribution in [2.75, 3.05) is 0 Å². The summed E-state index contributed by atoms with van der Waals surface area (Å²) >= 11 is 3.55. The van der Waals surface area contributed by atoms with Gasteiger partial charge in [-0.2, -0.15) is 4.98 Å². The zero-order valence-corrected chi connectivity index (χ0v) is 13.3. The zero-order valence-electron chi connectivity index (χ0n) is 11.7. The number of rotatable bonds is 3. The average molecular weight is 348 g/mol. The highest BCUT2D eigenvalue weighted by Crippen LogP contribution is 2.29. The van der Waals surface area contributed by atoms with Crippen LogP contribution in [0.3, 0.4) is 0 Å². The first-order chi connectivity index (χ1) is 10.1. The third kappa shape index (κ3) is 2.64. The van der Waals surface area contributed by atoms with Crippen LogP contribution in [0.1, 0.15) is 16.9 Å². The fraction of sp³-hybridized carbons (Fsp3) is 0.200. The SMILES string of the molecule is Cc1cc(-c2noc(-c3ccc(CN)o3)n2)cc(C)c1Br. The van der Waals surface area contributed by atoms with Gasteiger partial charge in [-0.3, -0.25) is 0 Å². The number of aryl methyl sites for hydroxylation is 2. The molecular weight excluding hydrogens is 334 g/mol. The van der Waals surface area contributed by atoms with E-state index in [2.05, 4.69) is 26.1 Å². The number of nitrogens with two attached hydrogens (primary N) is 1. The summed E-state index contributed by atoms with van der Waals surface area (Å²) in [4.78, 5) is 4.38. The van der Waals surface area contributed by atoms with Crippen molar-refractivity contribution in [3.63, 3.8) is 0 Å². The molecule has 0 atom stereocenters. The summed E-state index contributed by atoms with van der Waals surface area (Å²) in [7, 11) is 0. The van der Waals surface area contributed by atoms with Gasteiger partial charge in [0.1, 0.15) is 5.76 Å². The first kappa shape index (κ1) is 14.0. The van der Waals surface area contributed by atoms with E-state index in [1.54, 1.807) is 12.1 Å². The fourth-order valence-electron chi connectivity index (χ4n) is 2.12. The maximum Gasteiger partial charge on any atom is 0.293 e. The van der Waals surface area contributed by atoms with Gasteiger partial charge >= 0.3 is 0 Å². The molecule has 0 spiro atoms. The number of halogens is 1. The van der Waals surface area contributed by atoms with Crippen LogP contribution >= 0.6 is 15.9 Å². The lowest BCUT2D eigenvalue weighted by molar-refractivity contribution is 0.412. The largest absolute Gasteiger partial charge is 0.455 e. The molecule has 6 heteroatoms. The highest BCUT2D eigenvalue weighted by atomic mass is 79.9. The molecular formula is C15H14BrN3O2. The van der Waals surface area contributed by atoms with E-state index >= 15 is 0 Å². The second kappa shape index (κ2) is 5.46. The van der Waals surface area contributed by atoms with E-state index in [9.17, 15) is 0 Å². The molecule has 0 saturated carbocycles. The van der Waals surface area contributed by atoms with Crippen molar-refractivity contribution in [2.24, 2.45) is 5.73 Å². The smallest absolute Gasteiger partial charge is 0.293 e. The van der Waals surface area contributed by atoms with Gasteiger partial charge in [0.2, 0.25) is 5.82 Å². The molecule has 0 amide bonds. The van der Waals surface area contributed by atoms with E-state index < -0.39 is 0 Å². The first-order valence-corrected chi connectivity index (χ1v) is 7.27. The Kier molecular flexibility index (Phi) is 3.65. The van der Waals surface area contributed by atoms with Crippen LogP contribution in [-0.4, -0.2) is 10.1 Å². The van der Waals surface area contributed by atoms with Gasteiger partial charge in [-0.15, -0.1) is 0 Å². The van der Waals surface area contributed by atoms with Crippen LogP contribution in [0.25, 0.3) is 23.0 Å². The lowest BCUT2D eigenvalue weighted by Crippen LogP contribution is -1.92. The maximum atomic E-state index is 5.52. The molecule has 2 aromatic heterocycles. The highest BCUT2D eigenvalue weighted by molar-refractivity contribution is 9.10. The molecule has 2 heterocycles. The summed E-state index contributed by atoms with van der Waals surface area (Å²) in [6.45, 7) is 4.40. The van der Waals surface area contributed by atoms with E-state index in [-0.39, 0.29) is 0 Å². The maximum absolute atomic E-state index is 5.52. The first-order valence-electron chi connectivity index (χ1n) is 6.48. The second-order valence-corrected chi connectivity index (χ2v) is 5.61. The van der Waals surface area contributed by atoms with Gasteiger partial charge in [-0.05, 0) is 49.2 Å². The zero-order chi connectivity index (χ0) is 15.0. The molecule has 0 bridgehead atoms. The Morgan fingerprint density at radius 2 is 1.90 bits per heavy atom. The fourth-order valence-corrected chi connectivity index (χ4v) is 2.35. The van der Waals surface area contributed by atoms with Gasteiger partial charge in [0.25, 0.3) is 5.89 Å². The molecule has 0 aliphatic rings. The molecule has 21 heavy (non-hydrogen) atoms. The minimum absolute atomic E-state index is 0.339. The molecule has 3 aromatic rings. The summed E-state index contributed by atoms with van der Waals surface area (Å²) in [5.41, 5.74) is 8.68. The molecule has 1 aromatic carbocycles. The van der Waals surface area contributed by atoms with Gasteiger partial charge < -0.3 is 14.7 Å². The third-order valence-corrected chi connectivity index (χ3v) is 4.45. The Morgan fingerprint density at radius 1 is 1.19 bits per heavy atom. The summed E-state index contributed by atoms with van der Waals surface area (Å²) in [5.74, 6) is 2.09. The minimum Gasteiger partial charge on any atom is -0.455 e. The lowest BCUT2D eigenvalue weighted by Gasteiger charge is -2.04. The standard InChI is InChI=1S/C15H14BrN3O2/c1-8-5-10(6-9(2)13(8)16)14-18-15(21-19-14)12-4-3-11(7-17)20-12/h3-6H,7,17H2,1-2H3. The van der Waals surface area contributed by atoms with Gasteiger partial charge in [0.15, 0.2) is 5.76 Å². The van der Waals surface area contributed by atoms with Crippen molar-refractivity contribution in [1.82, 2.24) is 10.1 Å². The number of aromatic nitrogens is 2. The van der Waals surface area contributed by atoms with E-state index in [0.29, 0.717) is 29.8 Å². The molecule has 3 rings (SSSR count). The van der Waals surface area contributed by atoms with E-state index in [4.69, 9.17) is 14.7 Å². The number of benzene rings is 1. The quantitative estimate of drug-likeness (QED) is 0.778. The molecule has 0 radical (unpaired) electrons. The van der Waals surface area contributed by atoms with Gasteiger partial charge in [0, 0.05) is 10.0 Å². The lowest BCUT2D eigenvalue weighted by atomic mass is 10.1. The molecule has 2 N–H and O–H groups in total. The van der Waals surface area contributed by atoms with Crippen molar-refractivity contribution >= 4 is 15.9 Å². The Labute approximate surface area is 130 Å². The van der Waals surface area contributed by atoms with Gasteiger partial charge in [-0.1, -0.05) is 21.1 Å². The number of hydrogen-bond donors (Lipinski definition) is 1. The number of nitrogens with zero attached hydrogens (tertiary/aromatic N) is 2. The Hall–Kier alpha value is -1.92. The Morgan fingerprint density at radius 3 is 2.52 bits per heavy atom. The summed E-state index contributed by atoms with van der Waals surface area (Å²) in [5, 5.41) is 4.02.